The Labute approximate surface area is 140 Å². The highest BCUT2D eigenvalue weighted by molar-refractivity contribution is 7.99. The van der Waals surface area contributed by atoms with Crippen LogP contribution >= 0.6 is 23.4 Å². The molecular formula is C17H19ClN2OS. The van der Waals surface area contributed by atoms with Gasteiger partial charge < -0.3 is 10.6 Å². The van der Waals surface area contributed by atoms with Gasteiger partial charge in [-0.2, -0.15) is 0 Å². The van der Waals surface area contributed by atoms with Gasteiger partial charge in [-0.1, -0.05) is 41.4 Å². The molecule has 0 heterocycles. The van der Waals surface area contributed by atoms with Crippen LogP contribution in [0.1, 0.15) is 11.1 Å². The van der Waals surface area contributed by atoms with Gasteiger partial charge in [0.25, 0.3) is 0 Å². The lowest BCUT2D eigenvalue weighted by atomic mass is 10.2. The van der Waals surface area contributed by atoms with Crippen molar-refractivity contribution in [2.24, 2.45) is 0 Å². The molecule has 2 aromatic carbocycles. The van der Waals surface area contributed by atoms with Crippen molar-refractivity contribution in [1.82, 2.24) is 10.6 Å². The fourth-order valence-corrected chi connectivity index (χ4v) is 2.71. The maximum Gasteiger partial charge on any atom is 0.315 e. The number of hydrogen-bond donors (Lipinski definition) is 2. The zero-order valence-corrected chi connectivity index (χ0v) is 14.0. The molecule has 0 saturated heterocycles. The summed E-state index contributed by atoms with van der Waals surface area (Å²) in [5.41, 5.74) is 2.28. The summed E-state index contributed by atoms with van der Waals surface area (Å²) in [6.07, 6.45) is 0. The van der Waals surface area contributed by atoms with Crippen LogP contribution in [0.2, 0.25) is 5.02 Å². The van der Waals surface area contributed by atoms with Crippen molar-refractivity contribution in [3.8, 4) is 0 Å². The van der Waals surface area contributed by atoms with Crippen LogP contribution in [0.4, 0.5) is 4.79 Å². The fourth-order valence-electron chi connectivity index (χ4n) is 1.82. The third kappa shape index (κ3) is 6.00. The minimum atomic E-state index is -0.153. The molecule has 0 unspecified atom stereocenters. The molecule has 2 aromatic rings. The van der Waals surface area contributed by atoms with Crippen LogP contribution in [0.3, 0.4) is 0 Å². The molecule has 5 heteroatoms. The van der Waals surface area contributed by atoms with Crippen LogP contribution in [0.5, 0.6) is 0 Å². The van der Waals surface area contributed by atoms with Gasteiger partial charge in [0, 0.05) is 28.8 Å². The van der Waals surface area contributed by atoms with Gasteiger partial charge in [-0.15, -0.1) is 11.8 Å². The maximum atomic E-state index is 11.7. The summed E-state index contributed by atoms with van der Waals surface area (Å²) in [4.78, 5) is 12.9. The van der Waals surface area contributed by atoms with E-state index in [1.165, 1.54) is 10.5 Å². The topological polar surface area (TPSA) is 41.1 Å². The summed E-state index contributed by atoms with van der Waals surface area (Å²) in [6, 6.07) is 15.7. The van der Waals surface area contributed by atoms with Crippen molar-refractivity contribution >= 4 is 29.4 Å². The molecule has 0 atom stereocenters. The Morgan fingerprint density at radius 3 is 2.41 bits per heavy atom. The highest BCUT2D eigenvalue weighted by atomic mass is 35.5. The third-order valence-corrected chi connectivity index (χ3v) is 4.31. The Bertz CT molecular complexity index is 599. The molecule has 0 aliphatic carbocycles. The van der Waals surface area contributed by atoms with Crippen LogP contribution < -0.4 is 10.6 Å². The molecule has 0 spiro atoms. The minimum absolute atomic E-state index is 0.153. The third-order valence-electron chi connectivity index (χ3n) is 3.04. The predicted molar refractivity (Wildman–Crippen MR) is 93.6 cm³/mol. The van der Waals surface area contributed by atoms with Crippen LogP contribution in [-0.4, -0.2) is 18.3 Å². The van der Waals surface area contributed by atoms with Crippen molar-refractivity contribution in [3.63, 3.8) is 0 Å². The number of carbonyl (C=O) groups is 1. The largest absolute Gasteiger partial charge is 0.337 e. The second-order valence-corrected chi connectivity index (χ2v) is 6.50. The summed E-state index contributed by atoms with van der Waals surface area (Å²) >= 11 is 7.55. The first-order chi connectivity index (χ1) is 10.6. The molecule has 0 radical (unpaired) electrons. The average molecular weight is 335 g/mol. The first-order valence-electron chi connectivity index (χ1n) is 7.09. The Morgan fingerprint density at radius 1 is 1.05 bits per heavy atom. The summed E-state index contributed by atoms with van der Waals surface area (Å²) in [6.45, 7) is 3.19. The van der Waals surface area contributed by atoms with Gasteiger partial charge in [-0.3, -0.25) is 0 Å². The van der Waals surface area contributed by atoms with E-state index < -0.39 is 0 Å². The summed E-state index contributed by atoms with van der Waals surface area (Å²) < 4.78 is 0. The van der Waals surface area contributed by atoms with Crippen molar-refractivity contribution in [3.05, 3.63) is 64.7 Å². The smallest absolute Gasteiger partial charge is 0.315 e. The number of benzene rings is 2. The van der Waals surface area contributed by atoms with E-state index in [4.69, 9.17) is 11.6 Å². The van der Waals surface area contributed by atoms with Gasteiger partial charge in [-0.05, 0) is 36.8 Å². The SMILES string of the molecule is Cc1ccc(SCCNC(=O)NCc2ccc(Cl)cc2)cc1. The number of nitrogens with one attached hydrogen (secondary N) is 2. The predicted octanol–water partition coefficient (Wildman–Crippen LogP) is 4.24. The van der Waals surface area contributed by atoms with Crippen molar-refractivity contribution in [2.75, 3.05) is 12.3 Å². The molecule has 2 rings (SSSR count). The van der Waals surface area contributed by atoms with E-state index in [1.54, 1.807) is 11.8 Å². The van der Waals surface area contributed by atoms with Crippen molar-refractivity contribution in [2.45, 2.75) is 18.4 Å². The van der Waals surface area contributed by atoms with Gasteiger partial charge in [-0.25, -0.2) is 4.79 Å². The molecule has 0 aliphatic rings. The average Bonchev–Trinajstić information content (AvgIpc) is 2.53. The van der Waals surface area contributed by atoms with Gasteiger partial charge in [0.05, 0.1) is 0 Å². The van der Waals surface area contributed by atoms with Gasteiger partial charge in [0.2, 0.25) is 0 Å². The Morgan fingerprint density at radius 2 is 1.73 bits per heavy atom. The number of halogens is 1. The molecule has 0 fully saturated rings. The van der Waals surface area contributed by atoms with E-state index in [9.17, 15) is 4.79 Å². The lowest BCUT2D eigenvalue weighted by Crippen LogP contribution is -2.36. The molecule has 2 amide bonds. The van der Waals surface area contributed by atoms with Gasteiger partial charge in [0.1, 0.15) is 0 Å². The first-order valence-corrected chi connectivity index (χ1v) is 8.45. The Hall–Kier alpha value is -1.65. The lowest BCUT2D eigenvalue weighted by molar-refractivity contribution is 0.241. The van der Waals surface area contributed by atoms with E-state index in [0.29, 0.717) is 18.1 Å². The lowest BCUT2D eigenvalue weighted by Gasteiger charge is -2.08. The van der Waals surface area contributed by atoms with Gasteiger partial charge >= 0.3 is 6.03 Å². The molecular weight excluding hydrogens is 316 g/mol. The number of amides is 2. The summed E-state index contributed by atoms with van der Waals surface area (Å²) in [7, 11) is 0. The monoisotopic (exact) mass is 334 g/mol. The standard InChI is InChI=1S/C17H19ClN2OS/c1-13-2-8-16(9-3-13)22-11-10-19-17(21)20-12-14-4-6-15(18)7-5-14/h2-9H,10-12H2,1H3,(H2,19,20,21). The van der Waals surface area contributed by atoms with E-state index >= 15 is 0 Å². The Balaban J connectivity index is 1.61. The van der Waals surface area contributed by atoms with E-state index in [1.807, 2.05) is 24.3 Å². The fraction of sp³-hybridized carbons (Fsp3) is 0.235. The number of thioether (sulfide) groups is 1. The number of rotatable bonds is 6. The van der Waals surface area contributed by atoms with E-state index in [-0.39, 0.29) is 6.03 Å². The first kappa shape index (κ1) is 16.7. The molecule has 0 saturated carbocycles. The zero-order valence-electron chi connectivity index (χ0n) is 12.4. The number of urea groups is 1. The van der Waals surface area contributed by atoms with Gasteiger partial charge in [0.15, 0.2) is 0 Å². The van der Waals surface area contributed by atoms with E-state index in [2.05, 4.69) is 41.8 Å². The molecule has 22 heavy (non-hydrogen) atoms. The number of aryl methyl sites for hydroxylation is 1. The number of hydrogen-bond acceptors (Lipinski definition) is 2. The minimum Gasteiger partial charge on any atom is -0.337 e. The van der Waals surface area contributed by atoms with Crippen LogP contribution in [0.15, 0.2) is 53.4 Å². The molecule has 116 valence electrons. The normalized spacial score (nSPS) is 10.3. The van der Waals surface area contributed by atoms with Crippen molar-refractivity contribution < 1.29 is 4.79 Å². The van der Waals surface area contributed by atoms with Crippen LogP contribution in [0.25, 0.3) is 0 Å². The molecule has 2 N–H and O–H groups in total. The molecule has 3 nitrogen and oxygen atoms in total. The van der Waals surface area contributed by atoms with Crippen LogP contribution in [0, 0.1) is 6.92 Å². The van der Waals surface area contributed by atoms with Crippen molar-refractivity contribution in [1.29, 1.82) is 0 Å². The summed E-state index contributed by atoms with van der Waals surface area (Å²) in [5, 5.41) is 6.37. The molecule has 0 bridgehead atoms. The highest BCUT2D eigenvalue weighted by Gasteiger charge is 2.00. The molecule has 0 aliphatic heterocycles. The molecule has 0 aromatic heterocycles. The van der Waals surface area contributed by atoms with Crippen LogP contribution in [-0.2, 0) is 6.54 Å². The highest BCUT2D eigenvalue weighted by Crippen LogP contribution is 2.17. The summed E-state index contributed by atoms with van der Waals surface area (Å²) in [5.74, 6) is 0.845. The quantitative estimate of drug-likeness (QED) is 0.613. The Kier molecular flexibility index (Phi) is 6.62. The van der Waals surface area contributed by atoms with E-state index in [0.717, 1.165) is 11.3 Å². The second kappa shape index (κ2) is 8.71. The zero-order chi connectivity index (χ0) is 15.8. The second-order valence-electron chi connectivity index (χ2n) is 4.90. The number of carbonyl (C=O) groups excluding carboxylic acids is 1. The maximum absolute atomic E-state index is 11.7.